The maximum atomic E-state index is 13.3. The van der Waals surface area contributed by atoms with E-state index in [2.05, 4.69) is 24.1 Å². The summed E-state index contributed by atoms with van der Waals surface area (Å²) in [5, 5.41) is 12.3. The van der Waals surface area contributed by atoms with Crippen LogP contribution in [0.25, 0.3) is 0 Å². The Balaban J connectivity index is 2.09. The standard InChI is InChI=1S/C14H18FN3/c1-10-7-18(8-11(2)17-10)9-13-3-12(6-16)4-14(15)5-13/h3-5,10-11,17H,7-9H2,1-2H3. The molecular weight excluding hydrogens is 229 g/mol. The number of nitriles is 1. The van der Waals surface area contributed by atoms with Gasteiger partial charge in [-0.1, -0.05) is 0 Å². The van der Waals surface area contributed by atoms with Crippen molar-refractivity contribution >= 4 is 0 Å². The Kier molecular flexibility index (Phi) is 3.95. The minimum atomic E-state index is -0.333. The normalized spacial score (nSPS) is 24.8. The highest BCUT2D eigenvalue weighted by Gasteiger charge is 2.20. The summed E-state index contributed by atoms with van der Waals surface area (Å²) < 4.78 is 13.3. The lowest BCUT2D eigenvalue weighted by atomic mass is 10.1. The maximum Gasteiger partial charge on any atom is 0.124 e. The van der Waals surface area contributed by atoms with Gasteiger partial charge in [0.2, 0.25) is 0 Å². The van der Waals surface area contributed by atoms with Crippen molar-refractivity contribution in [2.75, 3.05) is 13.1 Å². The van der Waals surface area contributed by atoms with Gasteiger partial charge in [0.25, 0.3) is 0 Å². The highest BCUT2D eigenvalue weighted by molar-refractivity contribution is 5.33. The molecule has 1 aliphatic rings. The lowest BCUT2D eigenvalue weighted by Crippen LogP contribution is -2.53. The Morgan fingerprint density at radius 1 is 1.33 bits per heavy atom. The number of rotatable bonds is 2. The number of piperazine rings is 1. The van der Waals surface area contributed by atoms with E-state index in [1.54, 1.807) is 6.07 Å². The molecule has 0 amide bonds. The van der Waals surface area contributed by atoms with E-state index < -0.39 is 0 Å². The summed E-state index contributed by atoms with van der Waals surface area (Å²) in [4.78, 5) is 2.29. The Morgan fingerprint density at radius 3 is 2.61 bits per heavy atom. The van der Waals surface area contributed by atoms with Gasteiger partial charge in [0, 0.05) is 31.7 Å². The Hall–Kier alpha value is -1.44. The Bertz CT molecular complexity index is 457. The molecule has 0 saturated carbocycles. The zero-order valence-electron chi connectivity index (χ0n) is 10.8. The van der Waals surface area contributed by atoms with Crippen LogP contribution in [0.15, 0.2) is 18.2 Å². The number of halogens is 1. The molecule has 0 spiro atoms. The zero-order valence-corrected chi connectivity index (χ0v) is 10.8. The molecule has 3 nitrogen and oxygen atoms in total. The van der Waals surface area contributed by atoms with E-state index in [1.165, 1.54) is 12.1 Å². The molecule has 1 aromatic carbocycles. The minimum Gasteiger partial charge on any atom is -0.309 e. The summed E-state index contributed by atoms with van der Waals surface area (Å²) >= 11 is 0. The van der Waals surface area contributed by atoms with Crippen LogP contribution >= 0.6 is 0 Å². The highest BCUT2D eigenvalue weighted by Crippen LogP contribution is 2.13. The zero-order chi connectivity index (χ0) is 13.1. The van der Waals surface area contributed by atoms with Crippen molar-refractivity contribution in [3.63, 3.8) is 0 Å². The summed E-state index contributed by atoms with van der Waals surface area (Å²) in [7, 11) is 0. The molecule has 1 aromatic rings. The Labute approximate surface area is 107 Å². The fraction of sp³-hybridized carbons (Fsp3) is 0.500. The van der Waals surface area contributed by atoms with Gasteiger partial charge in [0.15, 0.2) is 0 Å². The molecule has 96 valence electrons. The van der Waals surface area contributed by atoms with E-state index >= 15 is 0 Å². The SMILES string of the molecule is CC1CN(Cc2cc(F)cc(C#N)c2)CC(C)N1. The molecule has 0 bridgehead atoms. The molecule has 1 saturated heterocycles. The van der Waals surface area contributed by atoms with E-state index in [4.69, 9.17) is 5.26 Å². The van der Waals surface area contributed by atoms with Crippen molar-refractivity contribution in [3.8, 4) is 6.07 Å². The van der Waals surface area contributed by atoms with Gasteiger partial charge in [-0.2, -0.15) is 5.26 Å². The molecule has 2 atom stereocenters. The molecular formula is C14H18FN3. The quantitative estimate of drug-likeness (QED) is 0.867. The van der Waals surface area contributed by atoms with Gasteiger partial charge >= 0.3 is 0 Å². The minimum absolute atomic E-state index is 0.333. The number of nitrogens with zero attached hydrogens (tertiary/aromatic N) is 2. The van der Waals surface area contributed by atoms with Gasteiger partial charge in [0.05, 0.1) is 11.6 Å². The van der Waals surface area contributed by atoms with Crippen LogP contribution in [0.1, 0.15) is 25.0 Å². The smallest absolute Gasteiger partial charge is 0.124 e. The fourth-order valence-electron chi connectivity index (χ4n) is 2.63. The van der Waals surface area contributed by atoms with Crippen LogP contribution in [0.3, 0.4) is 0 Å². The molecule has 1 aliphatic heterocycles. The number of benzene rings is 1. The molecule has 2 unspecified atom stereocenters. The summed E-state index contributed by atoms with van der Waals surface area (Å²) in [6.07, 6.45) is 0. The third kappa shape index (κ3) is 3.28. The maximum absolute atomic E-state index is 13.3. The summed E-state index contributed by atoms with van der Waals surface area (Å²) in [6.45, 7) is 6.89. The van der Waals surface area contributed by atoms with Crippen LogP contribution in [-0.4, -0.2) is 30.1 Å². The molecule has 0 radical (unpaired) electrons. The van der Waals surface area contributed by atoms with Crippen molar-refractivity contribution < 1.29 is 4.39 Å². The van der Waals surface area contributed by atoms with Crippen LogP contribution in [0.5, 0.6) is 0 Å². The average Bonchev–Trinajstić information content (AvgIpc) is 2.26. The third-order valence-electron chi connectivity index (χ3n) is 3.13. The van der Waals surface area contributed by atoms with Crippen molar-refractivity contribution in [1.82, 2.24) is 10.2 Å². The summed E-state index contributed by atoms with van der Waals surface area (Å²) in [5.74, 6) is -0.333. The predicted molar refractivity (Wildman–Crippen MR) is 68.5 cm³/mol. The molecule has 1 fully saturated rings. The first-order valence-corrected chi connectivity index (χ1v) is 6.25. The third-order valence-corrected chi connectivity index (χ3v) is 3.13. The molecule has 1 heterocycles. The monoisotopic (exact) mass is 247 g/mol. The van der Waals surface area contributed by atoms with Gasteiger partial charge in [-0.15, -0.1) is 0 Å². The van der Waals surface area contributed by atoms with Gasteiger partial charge in [0.1, 0.15) is 5.82 Å². The first-order chi connectivity index (χ1) is 8.56. The first-order valence-electron chi connectivity index (χ1n) is 6.25. The molecule has 4 heteroatoms. The summed E-state index contributed by atoms with van der Waals surface area (Å²) in [5.41, 5.74) is 1.26. The van der Waals surface area contributed by atoms with Crippen molar-refractivity contribution in [1.29, 1.82) is 5.26 Å². The fourth-order valence-corrected chi connectivity index (χ4v) is 2.63. The molecule has 2 rings (SSSR count). The van der Waals surface area contributed by atoms with Crippen LogP contribution < -0.4 is 5.32 Å². The number of hydrogen-bond acceptors (Lipinski definition) is 3. The van der Waals surface area contributed by atoms with E-state index in [0.29, 0.717) is 24.2 Å². The topological polar surface area (TPSA) is 39.1 Å². The van der Waals surface area contributed by atoms with Gasteiger partial charge in [-0.25, -0.2) is 4.39 Å². The summed E-state index contributed by atoms with van der Waals surface area (Å²) in [6, 6.07) is 7.42. The lowest BCUT2D eigenvalue weighted by Gasteiger charge is -2.36. The predicted octanol–water partition coefficient (Wildman–Crippen LogP) is 1.88. The van der Waals surface area contributed by atoms with Crippen LogP contribution in [0.2, 0.25) is 0 Å². The Morgan fingerprint density at radius 2 is 2.00 bits per heavy atom. The highest BCUT2D eigenvalue weighted by atomic mass is 19.1. The number of hydrogen-bond donors (Lipinski definition) is 1. The second kappa shape index (κ2) is 5.47. The van der Waals surface area contributed by atoms with E-state index in [0.717, 1.165) is 18.7 Å². The van der Waals surface area contributed by atoms with Crippen molar-refractivity contribution in [3.05, 3.63) is 35.1 Å². The van der Waals surface area contributed by atoms with Crippen LogP contribution in [0.4, 0.5) is 4.39 Å². The van der Waals surface area contributed by atoms with Crippen molar-refractivity contribution in [2.45, 2.75) is 32.5 Å². The average molecular weight is 247 g/mol. The van der Waals surface area contributed by atoms with E-state index in [-0.39, 0.29) is 5.82 Å². The second-order valence-corrected chi connectivity index (χ2v) is 5.12. The van der Waals surface area contributed by atoms with Crippen molar-refractivity contribution in [2.24, 2.45) is 0 Å². The second-order valence-electron chi connectivity index (χ2n) is 5.12. The van der Waals surface area contributed by atoms with E-state index in [1.807, 2.05) is 6.07 Å². The van der Waals surface area contributed by atoms with Gasteiger partial charge in [-0.05, 0) is 37.6 Å². The van der Waals surface area contributed by atoms with Gasteiger partial charge in [-0.3, -0.25) is 4.90 Å². The molecule has 0 aromatic heterocycles. The number of nitrogens with one attached hydrogen (secondary N) is 1. The van der Waals surface area contributed by atoms with Crippen LogP contribution in [-0.2, 0) is 6.54 Å². The largest absolute Gasteiger partial charge is 0.309 e. The molecule has 0 aliphatic carbocycles. The van der Waals surface area contributed by atoms with E-state index in [9.17, 15) is 4.39 Å². The molecule has 18 heavy (non-hydrogen) atoms. The lowest BCUT2D eigenvalue weighted by molar-refractivity contribution is 0.166. The first kappa shape index (κ1) is 13.0. The van der Waals surface area contributed by atoms with Gasteiger partial charge < -0.3 is 5.32 Å². The van der Waals surface area contributed by atoms with Crippen LogP contribution in [0, 0.1) is 17.1 Å². The molecule has 1 N–H and O–H groups in total.